The molecule has 0 radical (unpaired) electrons. The highest BCUT2D eigenvalue weighted by molar-refractivity contribution is 5.36. The molecular formula is C21H23FN6. The lowest BCUT2D eigenvalue weighted by Gasteiger charge is -2.35. The van der Waals surface area contributed by atoms with Crippen molar-refractivity contribution in [2.24, 2.45) is 5.92 Å². The number of fused-ring (bicyclic) bond motifs is 4. The van der Waals surface area contributed by atoms with Crippen molar-refractivity contribution in [1.82, 2.24) is 24.6 Å². The fourth-order valence-electron chi connectivity index (χ4n) is 4.45. The maximum atomic E-state index is 13.5. The molecule has 0 N–H and O–H groups in total. The molecule has 5 heterocycles. The Hall–Kier alpha value is -2.80. The zero-order chi connectivity index (χ0) is 18.9. The minimum Gasteiger partial charge on any atom is -0.353 e. The molecule has 7 heteroatoms. The average Bonchev–Trinajstić information content (AvgIpc) is 2.99. The van der Waals surface area contributed by atoms with Crippen molar-refractivity contribution < 1.29 is 4.39 Å². The van der Waals surface area contributed by atoms with Crippen molar-refractivity contribution in [3.63, 3.8) is 0 Å². The minimum atomic E-state index is -0.247. The fraction of sp³-hybridized carbons (Fsp3) is 0.381. The molecule has 6 rings (SSSR count). The third-order valence-corrected chi connectivity index (χ3v) is 5.79. The molecule has 28 heavy (non-hydrogen) atoms. The molecule has 3 aliphatic rings. The Bertz CT molecular complexity index is 943. The molecule has 2 aromatic heterocycles. The summed E-state index contributed by atoms with van der Waals surface area (Å²) in [4.78, 5) is 13.7. The van der Waals surface area contributed by atoms with Gasteiger partial charge in [0.15, 0.2) is 0 Å². The third kappa shape index (κ3) is 3.49. The molecule has 0 aliphatic carbocycles. The SMILES string of the molecule is Fc1cccc(-n2cc(CN3C[C@H]4CC[C@@H]3CN(c3cnccn3)C4)cn2)c1. The van der Waals surface area contributed by atoms with Gasteiger partial charge in [0.25, 0.3) is 0 Å². The summed E-state index contributed by atoms with van der Waals surface area (Å²) < 4.78 is 15.2. The Morgan fingerprint density at radius 2 is 2.04 bits per heavy atom. The van der Waals surface area contributed by atoms with Gasteiger partial charge in [-0.1, -0.05) is 6.07 Å². The summed E-state index contributed by atoms with van der Waals surface area (Å²) in [5, 5.41) is 4.44. The molecule has 2 bridgehead atoms. The first-order valence-electron chi connectivity index (χ1n) is 9.79. The van der Waals surface area contributed by atoms with Gasteiger partial charge in [0.1, 0.15) is 11.6 Å². The van der Waals surface area contributed by atoms with Crippen LogP contribution < -0.4 is 4.90 Å². The Morgan fingerprint density at radius 3 is 2.89 bits per heavy atom. The topological polar surface area (TPSA) is 50.1 Å². The van der Waals surface area contributed by atoms with E-state index in [9.17, 15) is 4.39 Å². The number of hydrogen-bond acceptors (Lipinski definition) is 5. The highest BCUT2D eigenvalue weighted by atomic mass is 19.1. The van der Waals surface area contributed by atoms with E-state index >= 15 is 0 Å². The normalized spacial score (nSPS) is 22.4. The van der Waals surface area contributed by atoms with Gasteiger partial charge < -0.3 is 4.90 Å². The van der Waals surface area contributed by atoms with Crippen LogP contribution in [0.5, 0.6) is 0 Å². The van der Waals surface area contributed by atoms with Crippen molar-refractivity contribution in [2.45, 2.75) is 25.4 Å². The van der Waals surface area contributed by atoms with Crippen LogP contribution in [0.25, 0.3) is 5.69 Å². The molecule has 3 saturated heterocycles. The van der Waals surface area contributed by atoms with Gasteiger partial charge in [0, 0.05) is 56.4 Å². The monoisotopic (exact) mass is 378 g/mol. The fourth-order valence-corrected chi connectivity index (χ4v) is 4.45. The molecular weight excluding hydrogens is 355 g/mol. The lowest BCUT2D eigenvalue weighted by Crippen LogP contribution is -2.43. The number of halogens is 1. The average molecular weight is 378 g/mol. The van der Waals surface area contributed by atoms with Crippen molar-refractivity contribution in [3.05, 3.63) is 66.6 Å². The van der Waals surface area contributed by atoms with Crippen LogP contribution in [0.1, 0.15) is 18.4 Å². The molecule has 0 saturated carbocycles. The van der Waals surface area contributed by atoms with Crippen LogP contribution in [0.2, 0.25) is 0 Å². The van der Waals surface area contributed by atoms with E-state index in [0.29, 0.717) is 12.0 Å². The molecule has 144 valence electrons. The van der Waals surface area contributed by atoms with Gasteiger partial charge in [0.2, 0.25) is 0 Å². The molecule has 1 aromatic carbocycles. The summed E-state index contributed by atoms with van der Waals surface area (Å²) in [6.45, 7) is 3.97. The standard InChI is InChI=1S/C21H23FN6/c22-18-2-1-3-19(8-18)28-14-17(9-25-28)13-26-11-16-4-5-20(26)15-27(12-16)21-10-23-6-7-24-21/h1-3,6-10,14,16,20H,4-5,11-13,15H2/t16-,20-/m1/s1. The van der Waals surface area contributed by atoms with Crippen molar-refractivity contribution in [1.29, 1.82) is 0 Å². The second-order valence-electron chi connectivity index (χ2n) is 7.77. The Morgan fingerprint density at radius 1 is 1.07 bits per heavy atom. The maximum absolute atomic E-state index is 13.5. The zero-order valence-corrected chi connectivity index (χ0v) is 15.7. The van der Waals surface area contributed by atoms with Gasteiger partial charge in [-0.05, 0) is 37.0 Å². The van der Waals surface area contributed by atoms with Crippen LogP contribution >= 0.6 is 0 Å². The summed E-state index contributed by atoms with van der Waals surface area (Å²) in [6, 6.07) is 7.03. The molecule has 3 aliphatic heterocycles. The maximum Gasteiger partial charge on any atom is 0.147 e. The van der Waals surface area contributed by atoms with Crippen LogP contribution in [-0.2, 0) is 6.54 Å². The highest BCUT2D eigenvalue weighted by Gasteiger charge is 2.35. The molecule has 6 nitrogen and oxygen atoms in total. The molecule has 0 amide bonds. The van der Waals surface area contributed by atoms with Crippen molar-refractivity contribution in [2.75, 3.05) is 24.5 Å². The van der Waals surface area contributed by atoms with Gasteiger partial charge in [-0.3, -0.25) is 9.88 Å². The van der Waals surface area contributed by atoms with Gasteiger partial charge in [-0.2, -0.15) is 5.10 Å². The Labute approximate surface area is 163 Å². The molecule has 2 atom stereocenters. The van der Waals surface area contributed by atoms with E-state index in [1.54, 1.807) is 23.1 Å². The second-order valence-corrected chi connectivity index (χ2v) is 7.77. The molecule has 3 fully saturated rings. The number of rotatable bonds is 4. The van der Waals surface area contributed by atoms with Gasteiger partial charge in [-0.25, -0.2) is 14.1 Å². The van der Waals surface area contributed by atoms with E-state index in [-0.39, 0.29) is 5.82 Å². The molecule has 3 aromatic rings. The lowest BCUT2D eigenvalue weighted by atomic mass is 9.95. The zero-order valence-electron chi connectivity index (χ0n) is 15.7. The second kappa shape index (κ2) is 7.31. The van der Waals surface area contributed by atoms with E-state index in [0.717, 1.165) is 43.2 Å². The number of aromatic nitrogens is 4. The Kier molecular flexibility index (Phi) is 4.52. The van der Waals surface area contributed by atoms with Crippen LogP contribution in [0, 0.1) is 11.7 Å². The largest absolute Gasteiger partial charge is 0.353 e. The smallest absolute Gasteiger partial charge is 0.147 e. The van der Waals surface area contributed by atoms with Crippen molar-refractivity contribution >= 4 is 5.82 Å². The summed E-state index contributed by atoms with van der Waals surface area (Å²) >= 11 is 0. The quantitative estimate of drug-likeness (QED) is 0.699. The number of nitrogens with zero attached hydrogens (tertiary/aromatic N) is 6. The molecule has 0 spiro atoms. The van der Waals surface area contributed by atoms with E-state index < -0.39 is 0 Å². The van der Waals surface area contributed by atoms with Gasteiger partial charge in [0.05, 0.1) is 18.1 Å². The Balaban J connectivity index is 1.31. The minimum absolute atomic E-state index is 0.247. The third-order valence-electron chi connectivity index (χ3n) is 5.79. The first-order chi connectivity index (χ1) is 13.7. The highest BCUT2D eigenvalue weighted by Crippen LogP contribution is 2.30. The van der Waals surface area contributed by atoms with E-state index in [1.807, 2.05) is 24.7 Å². The van der Waals surface area contributed by atoms with E-state index in [4.69, 9.17) is 0 Å². The number of hydrogen-bond donors (Lipinski definition) is 0. The number of anilines is 1. The van der Waals surface area contributed by atoms with Crippen molar-refractivity contribution in [3.8, 4) is 5.69 Å². The predicted molar refractivity (Wildman–Crippen MR) is 105 cm³/mol. The van der Waals surface area contributed by atoms with Gasteiger partial charge in [-0.15, -0.1) is 0 Å². The van der Waals surface area contributed by atoms with E-state index in [1.165, 1.54) is 25.0 Å². The predicted octanol–water partition coefficient (Wildman–Crippen LogP) is 2.90. The van der Waals surface area contributed by atoms with Crippen LogP contribution in [0.3, 0.4) is 0 Å². The first kappa shape index (κ1) is 17.3. The van der Waals surface area contributed by atoms with Gasteiger partial charge >= 0.3 is 0 Å². The number of benzene rings is 1. The summed E-state index contributed by atoms with van der Waals surface area (Å²) in [5.41, 5.74) is 1.90. The van der Waals surface area contributed by atoms with E-state index in [2.05, 4.69) is 24.9 Å². The molecule has 0 unspecified atom stereocenters. The summed E-state index contributed by atoms with van der Waals surface area (Å²) in [5.74, 6) is 1.36. The van der Waals surface area contributed by atoms with Crippen LogP contribution in [0.15, 0.2) is 55.2 Å². The summed E-state index contributed by atoms with van der Waals surface area (Å²) in [7, 11) is 0. The number of piperidine rings is 1. The van der Waals surface area contributed by atoms with Crippen LogP contribution in [-0.4, -0.2) is 50.3 Å². The van der Waals surface area contributed by atoms with Crippen LogP contribution in [0.4, 0.5) is 10.2 Å². The lowest BCUT2D eigenvalue weighted by molar-refractivity contribution is 0.126. The summed E-state index contributed by atoms with van der Waals surface area (Å²) in [6.07, 6.45) is 11.7. The first-order valence-corrected chi connectivity index (χ1v) is 9.79.